The SMILES string of the molecule is Brc1cnn2c(NCc3cccnc3)cc(NCC3CCCO3)nc12. The van der Waals surface area contributed by atoms with Crippen molar-refractivity contribution in [2.45, 2.75) is 25.5 Å². The molecule has 0 saturated carbocycles. The second-order valence-electron chi connectivity index (χ2n) is 5.99. The molecule has 1 fully saturated rings. The molecule has 1 atom stereocenters. The maximum absolute atomic E-state index is 5.67. The van der Waals surface area contributed by atoms with Gasteiger partial charge in [-0.1, -0.05) is 6.07 Å². The molecule has 0 bridgehead atoms. The lowest BCUT2D eigenvalue weighted by atomic mass is 10.2. The maximum atomic E-state index is 5.67. The molecule has 8 heteroatoms. The van der Waals surface area contributed by atoms with Crippen LogP contribution in [-0.2, 0) is 11.3 Å². The molecule has 25 heavy (non-hydrogen) atoms. The standard InChI is InChI=1S/C17H19BrN6O/c18-14-11-22-24-16(21-9-12-3-1-5-19-8-12)7-15(23-17(14)24)20-10-13-4-2-6-25-13/h1,3,5,7-8,11,13,21H,2,4,6,9-10H2,(H,20,23). The summed E-state index contributed by atoms with van der Waals surface area (Å²) in [6.45, 7) is 2.28. The fourth-order valence-electron chi connectivity index (χ4n) is 2.87. The normalized spacial score (nSPS) is 17.1. The Hall–Kier alpha value is -2.19. The molecule has 130 valence electrons. The molecule has 4 heterocycles. The number of rotatable bonds is 6. The van der Waals surface area contributed by atoms with E-state index in [2.05, 4.69) is 41.6 Å². The Balaban J connectivity index is 1.55. The minimum Gasteiger partial charge on any atom is -0.376 e. The van der Waals surface area contributed by atoms with Crippen LogP contribution >= 0.6 is 15.9 Å². The Labute approximate surface area is 153 Å². The fraction of sp³-hybridized carbons (Fsp3) is 0.353. The molecule has 0 spiro atoms. The number of nitrogens with zero attached hydrogens (tertiary/aromatic N) is 4. The van der Waals surface area contributed by atoms with E-state index in [1.807, 2.05) is 24.4 Å². The van der Waals surface area contributed by atoms with Crippen molar-refractivity contribution in [3.63, 3.8) is 0 Å². The first kappa shape index (κ1) is 16.3. The highest BCUT2D eigenvalue weighted by atomic mass is 79.9. The molecule has 4 rings (SSSR count). The number of anilines is 2. The predicted octanol–water partition coefficient (Wildman–Crippen LogP) is 3.09. The molecule has 3 aromatic rings. The number of fused-ring (bicyclic) bond motifs is 1. The van der Waals surface area contributed by atoms with Gasteiger partial charge in [-0.3, -0.25) is 4.98 Å². The first-order chi connectivity index (χ1) is 12.3. The summed E-state index contributed by atoms with van der Waals surface area (Å²) in [5.41, 5.74) is 1.87. The first-order valence-electron chi connectivity index (χ1n) is 8.32. The third-order valence-electron chi connectivity index (χ3n) is 4.16. The monoisotopic (exact) mass is 402 g/mol. The van der Waals surface area contributed by atoms with E-state index in [1.165, 1.54) is 0 Å². The number of hydrogen-bond donors (Lipinski definition) is 2. The van der Waals surface area contributed by atoms with Gasteiger partial charge in [-0.15, -0.1) is 0 Å². The minimum atomic E-state index is 0.262. The lowest BCUT2D eigenvalue weighted by Crippen LogP contribution is -2.19. The van der Waals surface area contributed by atoms with Gasteiger partial charge in [-0.25, -0.2) is 4.98 Å². The van der Waals surface area contributed by atoms with Crippen LogP contribution in [0.25, 0.3) is 5.65 Å². The first-order valence-corrected chi connectivity index (χ1v) is 9.11. The molecule has 2 N–H and O–H groups in total. The molecular formula is C17H19BrN6O. The van der Waals surface area contributed by atoms with Gasteiger partial charge in [0, 0.05) is 38.2 Å². The van der Waals surface area contributed by atoms with Crippen molar-refractivity contribution in [1.82, 2.24) is 19.6 Å². The topological polar surface area (TPSA) is 76.4 Å². The molecule has 0 aliphatic carbocycles. The number of hydrogen-bond acceptors (Lipinski definition) is 6. The van der Waals surface area contributed by atoms with Crippen LogP contribution in [0.2, 0.25) is 0 Å². The molecule has 1 aliphatic rings. The van der Waals surface area contributed by atoms with E-state index in [0.29, 0.717) is 6.54 Å². The summed E-state index contributed by atoms with van der Waals surface area (Å²) in [5.74, 6) is 1.67. The van der Waals surface area contributed by atoms with Crippen molar-refractivity contribution in [1.29, 1.82) is 0 Å². The summed E-state index contributed by atoms with van der Waals surface area (Å²) in [6.07, 6.45) is 7.86. The van der Waals surface area contributed by atoms with Crippen LogP contribution in [0.15, 0.2) is 41.3 Å². The molecule has 0 radical (unpaired) electrons. The number of aromatic nitrogens is 4. The van der Waals surface area contributed by atoms with Crippen molar-refractivity contribution < 1.29 is 4.74 Å². The van der Waals surface area contributed by atoms with E-state index in [1.54, 1.807) is 16.9 Å². The van der Waals surface area contributed by atoms with E-state index >= 15 is 0 Å². The molecule has 1 saturated heterocycles. The van der Waals surface area contributed by atoms with Gasteiger partial charge in [0.05, 0.1) is 16.8 Å². The van der Waals surface area contributed by atoms with Crippen molar-refractivity contribution >= 4 is 33.2 Å². The van der Waals surface area contributed by atoms with Crippen molar-refractivity contribution in [2.75, 3.05) is 23.8 Å². The van der Waals surface area contributed by atoms with Crippen molar-refractivity contribution in [2.24, 2.45) is 0 Å². The number of pyridine rings is 1. The molecule has 0 aromatic carbocycles. The Morgan fingerprint density at radius 1 is 1.32 bits per heavy atom. The highest BCUT2D eigenvalue weighted by molar-refractivity contribution is 9.10. The zero-order chi connectivity index (χ0) is 17.1. The summed E-state index contributed by atoms with van der Waals surface area (Å²) in [6, 6.07) is 5.93. The van der Waals surface area contributed by atoms with Crippen LogP contribution in [0, 0.1) is 0 Å². The zero-order valence-electron chi connectivity index (χ0n) is 13.7. The average molecular weight is 403 g/mol. The van der Waals surface area contributed by atoms with Gasteiger partial charge in [0.25, 0.3) is 0 Å². The summed E-state index contributed by atoms with van der Waals surface area (Å²) in [4.78, 5) is 8.79. The third-order valence-corrected chi connectivity index (χ3v) is 4.72. The van der Waals surface area contributed by atoms with Crippen LogP contribution in [0.1, 0.15) is 18.4 Å². The predicted molar refractivity (Wildman–Crippen MR) is 99.7 cm³/mol. The molecule has 3 aromatic heterocycles. The number of halogens is 1. The largest absolute Gasteiger partial charge is 0.376 e. The second kappa shape index (κ2) is 7.37. The highest BCUT2D eigenvalue weighted by Crippen LogP contribution is 2.23. The molecule has 1 unspecified atom stereocenters. The molecular weight excluding hydrogens is 384 g/mol. The van der Waals surface area contributed by atoms with Gasteiger partial charge >= 0.3 is 0 Å². The molecule has 7 nitrogen and oxygen atoms in total. The lowest BCUT2D eigenvalue weighted by Gasteiger charge is -2.14. The Morgan fingerprint density at radius 2 is 2.28 bits per heavy atom. The Morgan fingerprint density at radius 3 is 3.08 bits per heavy atom. The maximum Gasteiger partial charge on any atom is 0.173 e. The van der Waals surface area contributed by atoms with Gasteiger partial charge in [0.2, 0.25) is 0 Å². The van der Waals surface area contributed by atoms with Crippen molar-refractivity contribution in [3.05, 3.63) is 46.8 Å². The average Bonchev–Trinajstić information content (AvgIpc) is 3.29. The number of ether oxygens (including phenoxy) is 1. The summed E-state index contributed by atoms with van der Waals surface area (Å²) in [5, 5.41) is 11.2. The quantitative estimate of drug-likeness (QED) is 0.659. The third kappa shape index (κ3) is 3.74. The lowest BCUT2D eigenvalue weighted by molar-refractivity contribution is 0.120. The smallest absolute Gasteiger partial charge is 0.173 e. The van der Waals surface area contributed by atoms with Crippen LogP contribution in [0.4, 0.5) is 11.6 Å². The van der Waals surface area contributed by atoms with E-state index in [9.17, 15) is 0 Å². The van der Waals surface area contributed by atoms with Gasteiger partial charge in [-0.05, 0) is 40.4 Å². The molecule has 0 amide bonds. The minimum absolute atomic E-state index is 0.262. The Bertz CT molecular complexity index is 847. The van der Waals surface area contributed by atoms with E-state index in [0.717, 1.165) is 53.3 Å². The van der Waals surface area contributed by atoms with Crippen LogP contribution in [0.5, 0.6) is 0 Å². The van der Waals surface area contributed by atoms with Crippen LogP contribution < -0.4 is 10.6 Å². The van der Waals surface area contributed by atoms with E-state index in [-0.39, 0.29) is 6.10 Å². The van der Waals surface area contributed by atoms with E-state index < -0.39 is 0 Å². The van der Waals surface area contributed by atoms with Gasteiger partial charge in [0.15, 0.2) is 5.65 Å². The number of nitrogens with one attached hydrogen (secondary N) is 2. The van der Waals surface area contributed by atoms with Crippen LogP contribution in [-0.4, -0.2) is 38.8 Å². The van der Waals surface area contributed by atoms with Gasteiger partial charge in [-0.2, -0.15) is 9.61 Å². The summed E-state index contributed by atoms with van der Waals surface area (Å²) in [7, 11) is 0. The Kier molecular flexibility index (Phi) is 4.80. The molecule has 1 aliphatic heterocycles. The van der Waals surface area contributed by atoms with E-state index in [4.69, 9.17) is 4.74 Å². The van der Waals surface area contributed by atoms with Gasteiger partial charge in [0.1, 0.15) is 11.6 Å². The fourth-order valence-corrected chi connectivity index (χ4v) is 3.22. The van der Waals surface area contributed by atoms with Crippen LogP contribution in [0.3, 0.4) is 0 Å². The van der Waals surface area contributed by atoms with Crippen molar-refractivity contribution in [3.8, 4) is 0 Å². The second-order valence-corrected chi connectivity index (χ2v) is 6.84. The highest BCUT2D eigenvalue weighted by Gasteiger charge is 2.16. The van der Waals surface area contributed by atoms with Gasteiger partial charge < -0.3 is 15.4 Å². The summed E-state index contributed by atoms with van der Waals surface area (Å²) >= 11 is 3.51. The zero-order valence-corrected chi connectivity index (χ0v) is 15.2. The summed E-state index contributed by atoms with van der Waals surface area (Å²) < 4.78 is 8.32.